The molecule has 298 valence electrons. The lowest BCUT2D eigenvalue weighted by atomic mass is 9.89. The minimum Gasteiger partial charge on any atom is -0.228 e. The molecule has 5 nitrogen and oxygen atoms in total. The average molecular weight is 816 g/mol. The molecule has 2 heterocycles. The standard InChI is InChI=1S/C59H37N5/c1-3-19-40(20-4-1)54-37-55(61-56(60-54)41-21-5-2-6-22-41)50-35-33-48(44-27-11-13-29-46(44)50)49-34-36-53(47-30-14-12-28-45(47)49)59-63-57(51-31-15-23-38-17-7-9-25-42(38)51)62-58(64-59)52-32-16-24-39-18-8-10-26-43(39)52/h1-37H. The maximum Gasteiger partial charge on any atom is 0.164 e. The molecule has 0 aliphatic carbocycles. The van der Waals surface area contributed by atoms with Crippen LogP contribution in [0.5, 0.6) is 0 Å². The fourth-order valence-corrected chi connectivity index (χ4v) is 9.12. The third-order valence-electron chi connectivity index (χ3n) is 12.2. The highest BCUT2D eigenvalue weighted by Crippen LogP contribution is 2.42. The fourth-order valence-electron chi connectivity index (χ4n) is 9.12. The highest BCUT2D eigenvalue weighted by Gasteiger charge is 2.20. The second-order valence-electron chi connectivity index (χ2n) is 16.0. The number of aromatic nitrogens is 5. The molecular weight excluding hydrogens is 779 g/mol. The fraction of sp³-hybridized carbons (Fsp3) is 0. The number of fused-ring (bicyclic) bond motifs is 4. The van der Waals surface area contributed by atoms with Crippen molar-refractivity contribution in [2.45, 2.75) is 0 Å². The van der Waals surface area contributed by atoms with E-state index in [9.17, 15) is 0 Å². The number of rotatable bonds is 7. The molecule has 0 fully saturated rings. The van der Waals surface area contributed by atoms with Crippen LogP contribution in [0.15, 0.2) is 224 Å². The van der Waals surface area contributed by atoms with Gasteiger partial charge < -0.3 is 0 Å². The van der Waals surface area contributed by atoms with Gasteiger partial charge in [0, 0.05) is 33.4 Å². The van der Waals surface area contributed by atoms with Crippen molar-refractivity contribution in [1.82, 2.24) is 24.9 Å². The van der Waals surface area contributed by atoms with E-state index < -0.39 is 0 Å². The number of hydrogen-bond donors (Lipinski definition) is 0. The van der Waals surface area contributed by atoms with Gasteiger partial charge in [0.05, 0.1) is 11.4 Å². The van der Waals surface area contributed by atoms with Crippen molar-refractivity contribution in [3.8, 4) is 79.2 Å². The molecule has 0 radical (unpaired) electrons. The predicted molar refractivity (Wildman–Crippen MR) is 263 cm³/mol. The SMILES string of the molecule is c1ccc(-c2cc(-c3ccc(-c4ccc(-c5nc(-c6cccc7ccccc67)nc(-c6cccc7ccccc67)n5)c5ccccc45)c4ccccc34)nc(-c3ccccc3)n2)cc1. The monoisotopic (exact) mass is 815 g/mol. The Bertz CT molecular complexity index is 3570. The van der Waals surface area contributed by atoms with Crippen LogP contribution < -0.4 is 0 Å². The first-order valence-electron chi connectivity index (χ1n) is 21.5. The lowest BCUT2D eigenvalue weighted by Crippen LogP contribution is -2.01. The van der Waals surface area contributed by atoms with Crippen LogP contribution in [0.25, 0.3) is 122 Å². The Labute approximate surface area is 370 Å². The van der Waals surface area contributed by atoms with Crippen molar-refractivity contribution in [2.75, 3.05) is 0 Å². The highest BCUT2D eigenvalue weighted by atomic mass is 15.0. The van der Waals surface area contributed by atoms with Crippen molar-refractivity contribution in [3.05, 3.63) is 224 Å². The molecule has 0 saturated carbocycles. The molecule has 0 saturated heterocycles. The summed E-state index contributed by atoms with van der Waals surface area (Å²) in [5.41, 5.74) is 9.93. The molecule has 12 rings (SSSR count). The average Bonchev–Trinajstić information content (AvgIpc) is 3.38. The number of hydrogen-bond acceptors (Lipinski definition) is 5. The summed E-state index contributed by atoms with van der Waals surface area (Å²) in [5, 5.41) is 8.87. The zero-order valence-electron chi connectivity index (χ0n) is 34.6. The Kier molecular flexibility index (Phi) is 9.08. The molecule has 0 N–H and O–H groups in total. The van der Waals surface area contributed by atoms with Gasteiger partial charge in [0.1, 0.15) is 0 Å². The first kappa shape index (κ1) is 37.1. The summed E-state index contributed by atoms with van der Waals surface area (Å²) < 4.78 is 0. The van der Waals surface area contributed by atoms with Gasteiger partial charge in [-0.25, -0.2) is 24.9 Å². The van der Waals surface area contributed by atoms with Crippen molar-refractivity contribution >= 4 is 43.1 Å². The summed E-state index contributed by atoms with van der Waals surface area (Å²) in [6.45, 7) is 0. The Balaban J connectivity index is 1.04. The Hall–Kier alpha value is -8.67. The maximum atomic E-state index is 5.30. The largest absolute Gasteiger partial charge is 0.228 e. The van der Waals surface area contributed by atoms with Crippen molar-refractivity contribution in [1.29, 1.82) is 0 Å². The molecule has 0 bridgehead atoms. The van der Waals surface area contributed by atoms with Crippen LogP contribution in [0.3, 0.4) is 0 Å². The highest BCUT2D eigenvalue weighted by molar-refractivity contribution is 6.12. The van der Waals surface area contributed by atoms with Crippen LogP contribution in [-0.2, 0) is 0 Å². The normalized spacial score (nSPS) is 11.4. The van der Waals surface area contributed by atoms with E-state index >= 15 is 0 Å². The molecule has 0 atom stereocenters. The molecule has 64 heavy (non-hydrogen) atoms. The zero-order chi connectivity index (χ0) is 42.4. The van der Waals surface area contributed by atoms with Crippen LogP contribution >= 0.6 is 0 Å². The van der Waals surface area contributed by atoms with Crippen LogP contribution in [0, 0.1) is 0 Å². The lowest BCUT2D eigenvalue weighted by Gasteiger charge is -2.16. The van der Waals surface area contributed by atoms with Crippen molar-refractivity contribution < 1.29 is 0 Å². The van der Waals surface area contributed by atoms with Gasteiger partial charge in [0.2, 0.25) is 0 Å². The molecule has 0 aliphatic rings. The first-order valence-corrected chi connectivity index (χ1v) is 21.5. The van der Waals surface area contributed by atoms with Gasteiger partial charge in [-0.1, -0.05) is 212 Å². The van der Waals surface area contributed by atoms with Crippen LogP contribution in [0.4, 0.5) is 0 Å². The summed E-state index contributed by atoms with van der Waals surface area (Å²) in [6.07, 6.45) is 0. The third-order valence-corrected chi connectivity index (χ3v) is 12.2. The van der Waals surface area contributed by atoms with Crippen molar-refractivity contribution in [3.63, 3.8) is 0 Å². The van der Waals surface area contributed by atoms with Gasteiger partial charge in [0.15, 0.2) is 23.3 Å². The van der Waals surface area contributed by atoms with E-state index in [1.165, 1.54) is 0 Å². The summed E-state index contributed by atoms with van der Waals surface area (Å²) in [5.74, 6) is 2.58. The third kappa shape index (κ3) is 6.55. The molecule has 12 aromatic rings. The molecule has 2 aromatic heterocycles. The van der Waals surface area contributed by atoms with E-state index in [1.54, 1.807) is 0 Å². The minimum absolute atomic E-state index is 0.621. The smallest absolute Gasteiger partial charge is 0.164 e. The Morgan fingerprint density at radius 3 is 1.09 bits per heavy atom. The second-order valence-corrected chi connectivity index (χ2v) is 16.0. The quantitative estimate of drug-likeness (QED) is 0.160. The van der Waals surface area contributed by atoms with Gasteiger partial charge in [-0.15, -0.1) is 0 Å². The number of nitrogens with zero attached hydrogens (tertiary/aromatic N) is 5. The van der Waals surface area contributed by atoms with E-state index in [-0.39, 0.29) is 0 Å². The second kappa shape index (κ2) is 15.7. The van der Waals surface area contributed by atoms with Gasteiger partial charge in [-0.05, 0) is 66.3 Å². The summed E-state index contributed by atoms with van der Waals surface area (Å²) >= 11 is 0. The Morgan fingerprint density at radius 2 is 0.562 bits per heavy atom. The van der Waals surface area contributed by atoms with Gasteiger partial charge >= 0.3 is 0 Å². The predicted octanol–water partition coefficient (Wildman–Crippen LogP) is 14.9. The summed E-state index contributed by atoms with van der Waals surface area (Å²) in [6, 6.07) is 78.2. The summed E-state index contributed by atoms with van der Waals surface area (Å²) in [4.78, 5) is 26.1. The topological polar surface area (TPSA) is 64.5 Å². The van der Waals surface area contributed by atoms with Gasteiger partial charge in [0.25, 0.3) is 0 Å². The minimum atomic E-state index is 0.621. The molecular formula is C59H37N5. The molecule has 5 heteroatoms. The first-order chi connectivity index (χ1) is 31.7. The lowest BCUT2D eigenvalue weighted by molar-refractivity contribution is 1.08. The van der Waals surface area contributed by atoms with Crippen LogP contribution in [-0.4, -0.2) is 24.9 Å². The molecule has 0 aliphatic heterocycles. The molecule has 0 amide bonds. The van der Waals surface area contributed by atoms with Crippen LogP contribution in [0.2, 0.25) is 0 Å². The van der Waals surface area contributed by atoms with Gasteiger partial charge in [-0.3, -0.25) is 0 Å². The van der Waals surface area contributed by atoms with Crippen LogP contribution in [0.1, 0.15) is 0 Å². The van der Waals surface area contributed by atoms with E-state index in [4.69, 9.17) is 24.9 Å². The molecule has 10 aromatic carbocycles. The van der Waals surface area contributed by atoms with E-state index in [0.29, 0.717) is 23.3 Å². The van der Waals surface area contributed by atoms with E-state index in [1.807, 2.05) is 36.4 Å². The molecule has 0 spiro atoms. The molecule has 0 unspecified atom stereocenters. The van der Waals surface area contributed by atoms with Gasteiger partial charge in [-0.2, -0.15) is 0 Å². The van der Waals surface area contributed by atoms with Crippen molar-refractivity contribution in [2.24, 2.45) is 0 Å². The number of benzene rings is 10. The zero-order valence-corrected chi connectivity index (χ0v) is 34.6. The van der Waals surface area contributed by atoms with E-state index in [0.717, 1.165) is 99.0 Å². The maximum absolute atomic E-state index is 5.30. The van der Waals surface area contributed by atoms with E-state index in [2.05, 4.69) is 188 Å². The summed E-state index contributed by atoms with van der Waals surface area (Å²) in [7, 11) is 0. The Morgan fingerprint density at radius 1 is 0.203 bits per heavy atom.